The topological polar surface area (TPSA) is 40.9 Å². The summed E-state index contributed by atoms with van der Waals surface area (Å²) in [5.74, 6) is -0.220. The molecule has 0 aromatic rings. The van der Waals surface area contributed by atoms with Crippen molar-refractivity contribution in [2.24, 2.45) is 0 Å². The third-order valence-corrected chi connectivity index (χ3v) is 1.08. The van der Waals surface area contributed by atoms with Gasteiger partial charge in [0.1, 0.15) is 0 Å². The molecule has 0 spiro atoms. The highest BCUT2D eigenvalue weighted by atomic mass is 19.1. The summed E-state index contributed by atoms with van der Waals surface area (Å²) in [5, 5.41) is 8.19. The second-order valence-electron chi connectivity index (χ2n) is 1.82. The highest BCUT2D eigenvalue weighted by Gasteiger charge is 2.02. The summed E-state index contributed by atoms with van der Waals surface area (Å²) < 4.78 is 9.50. The summed E-state index contributed by atoms with van der Waals surface area (Å²) >= 11 is 0. The quantitative estimate of drug-likeness (QED) is 0.528. The van der Waals surface area contributed by atoms with Crippen molar-refractivity contribution in [2.45, 2.75) is 20.3 Å². The van der Waals surface area contributed by atoms with E-state index in [1.807, 2.05) is 13.8 Å². The average molecular weight is 211 g/mol. The third-order valence-electron chi connectivity index (χ3n) is 1.08. The molecule has 0 rings (SSSR count). The number of rotatable bonds is 4. The van der Waals surface area contributed by atoms with Crippen LogP contribution >= 0.6 is 0 Å². The lowest BCUT2D eigenvalue weighted by Crippen LogP contribution is -1.97. The number of halogens is 1. The van der Waals surface area contributed by atoms with Gasteiger partial charge in [-0.25, -0.2) is 0 Å². The van der Waals surface area contributed by atoms with Gasteiger partial charge in [-0.15, -0.1) is 0 Å². The van der Waals surface area contributed by atoms with Gasteiger partial charge in [0.15, 0.2) is 5.78 Å². The maximum absolute atomic E-state index is 11.0. The van der Waals surface area contributed by atoms with E-state index >= 15 is 0 Å². The summed E-state index contributed by atoms with van der Waals surface area (Å²) in [6.07, 6.45) is 4.34. The Morgan fingerprint density at radius 3 is 2.13 bits per heavy atom. The van der Waals surface area contributed by atoms with Crippen LogP contribution in [0.25, 0.3) is 0 Å². The Morgan fingerprint density at radius 1 is 1.40 bits per heavy atom. The Balaban J connectivity index is -0.000000318. The zero-order valence-corrected chi connectivity index (χ0v) is 9.59. The molecule has 0 aromatic carbocycles. The number of Topliss-reactive ketones (excluding diaryl/α,β-unsaturated/α-hetero) is 1. The van der Waals surface area contributed by atoms with Crippen molar-refractivity contribution in [1.29, 1.82) is 5.26 Å². The molecule has 0 aliphatic rings. The third kappa shape index (κ3) is 12.3. The molecule has 0 saturated carbocycles. The van der Waals surface area contributed by atoms with Crippen LogP contribution in [0.5, 0.6) is 0 Å². The van der Waals surface area contributed by atoms with Crippen molar-refractivity contribution in [3.05, 3.63) is 37.0 Å². The molecule has 0 saturated heterocycles. The summed E-state index contributed by atoms with van der Waals surface area (Å²) in [5.41, 5.74) is 0.432. The maximum atomic E-state index is 11.0. The number of nitrogens with zero attached hydrogens (tertiary/aromatic N) is 1. The van der Waals surface area contributed by atoms with Crippen LogP contribution in [0, 0.1) is 11.3 Å². The SMILES string of the molecule is C=C/C=C(\C=C)C(=O)CC#N.CC.CF. The standard InChI is InChI=1S/C9H9NO.C2H6.CH3F/c1-3-5-8(4-2)9(11)6-7-10;2*1-2/h3-5H,1-2,6H2;1-2H3;1H3/b8-5+;;. The van der Waals surface area contributed by atoms with E-state index in [1.54, 1.807) is 6.07 Å². The van der Waals surface area contributed by atoms with E-state index in [0.717, 1.165) is 0 Å². The van der Waals surface area contributed by atoms with E-state index in [9.17, 15) is 9.18 Å². The molecular formula is C12H18FNO. The van der Waals surface area contributed by atoms with Crippen LogP contribution in [0.2, 0.25) is 0 Å². The first kappa shape index (κ1) is 19.0. The molecule has 84 valence electrons. The lowest BCUT2D eigenvalue weighted by atomic mass is 10.1. The molecule has 0 aliphatic carbocycles. The molecule has 15 heavy (non-hydrogen) atoms. The number of hydrogen-bond acceptors (Lipinski definition) is 2. The highest BCUT2D eigenvalue weighted by Crippen LogP contribution is 2.00. The summed E-state index contributed by atoms with van der Waals surface area (Å²) in [4.78, 5) is 11.0. The predicted molar refractivity (Wildman–Crippen MR) is 62.1 cm³/mol. The summed E-state index contributed by atoms with van der Waals surface area (Å²) in [7, 11) is 0.500. The summed E-state index contributed by atoms with van der Waals surface area (Å²) in [6, 6.07) is 1.77. The average Bonchev–Trinajstić information content (AvgIpc) is 2.31. The smallest absolute Gasteiger partial charge is 0.176 e. The van der Waals surface area contributed by atoms with Gasteiger partial charge in [-0.1, -0.05) is 45.2 Å². The van der Waals surface area contributed by atoms with Crippen molar-refractivity contribution in [3.8, 4) is 6.07 Å². The van der Waals surface area contributed by atoms with Crippen molar-refractivity contribution < 1.29 is 9.18 Å². The van der Waals surface area contributed by atoms with Gasteiger partial charge in [-0.3, -0.25) is 9.18 Å². The fraction of sp³-hybridized carbons (Fsp3) is 0.333. The lowest BCUT2D eigenvalue weighted by molar-refractivity contribution is -0.114. The van der Waals surface area contributed by atoms with Gasteiger partial charge in [0.2, 0.25) is 0 Å². The van der Waals surface area contributed by atoms with Gasteiger partial charge in [-0.2, -0.15) is 5.26 Å². The molecule has 0 atom stereocenters. The van der Waals surface area contributed by atoms with Crippen LogP contribution in [0.4, 0.5) is 4.39 Å². The normalized spacial score (nSPS) is 8.07. The fourth-order valence-corrected chi connectivity index (χ4v) is 0.576. The van der Waals surface area contributed by atoms with Gasteiger partial charge in [0.05, 0.1) is 19.7 Å². The van der Waals surface area contributed by atoms with Crippen LogP contribution < -0.4 is 0 Å². The zero-order chi connectivity index (χ0) is 12.7. The molecule has 0 radical (unpaired) electrons. The monoisotopic (exact) mass is 211 g/mol. The Labute approximate surface area is 91.4 Å². The molecule has 0 unspecified atom stereocenters. The molecular weight excluding hydrogens is 193 g/mol. The van der Waals surface area contributed by atoms with E-state index in [4.69, 9.17) is 5.26 Å². The van der Waals surface area contributed by atoms with E-state index in [-0.39, 0.29) is 12.2 Å². The molecule has 3 heteroatoms. The minimum absolute atomic E-state index is 0.105. The number of alkyl halides is 1. The van der Waals surface area contributed by atoms with Crippen molar-refractivity contribution in [2.75, 3.05) is 7.18 Å². The van der Waals surface area contributed by atoms with Crippen molar-refractivity contribution in [3.63, 3.8) is 0 Å². The number of nitriles is 1. The zero-order valence-electron chi connectivity index (χ0n) is 9.59. The van der Waals surface area contributed by atoms with Crippen LogP contribution in [-0.2, 0) is 4.79 Å². The van der Waals surface area contributed by atoms with Crippen molar-refractivity contribution >= 4 is 5.78 Å². The lowest BCUT2D eigenvalue weighted by Gasteiger charge is -1.92. The molecule has 0 bridgehead atoms. The summed E-state index contributed by atoms with van der Waals surface area (Å²) in [6.45, 7) is 10.9. The first-order valence-corrected chi connectivity index (χ1v) is 4.49. The largest absolute Gasteiger partial charge is 0.293 e. The second kappa shape index (κ2) is 18.2. The van der Waals surface area contributed by atoms with Crippen LogP contribution in [0.15, 0.2) is 37.0 Å². The molecule has 2 nitrogen and oxygen atoms in total. The molecule has 0 heterocycles. The Bertz CT molecular complexity index is 249. The number of carbonyl (C=O) groups excluding carboxylic acids is 1. The number of ketones is 1. The number of allylic oxidation sites excluding steroid dienone is 4. The van der Waals surface area contributed by atoms with Crippen LogP contribution in [0.1, 0.15) is 20.3 Å². The minimum Gasteiger partial charge on any atom is -0.293 e. The minimum atomic E-state index is -0.220. The first-order chi connectivity index (χ1) is 7.26. The van der Waals surface area contributed by atoms with E-state index in [0.29, 0.717) is 12.8 Å². The molecule has 0 aliphatic heterocycles. The van der Waals surface area contributed by atoms with Gasteiger partial charge in [0, 0.05) is 5.57 Å². The van der Waals surface area contributed by atoms with E-state index in [1.165, 1.54) is 18.2 Å². The van der Waals surface area contributed by atoms with Crippen molar-refractivity contribution in [1.82, 2.24) is 0 Å². The number of carbonyl (C=O) groups is 1. The van der Waals surface area contributed by atoms with Crippen LogP contribution in [0.3, 0.4) is 0 Å². The fourth-order valence-electron chi connectivity index (χ4n) is 0.576. The predicted octanol–water partition coefficient (Wildman–Crippen LogP) is 3.38. The van der Waals surface area contributed by atoms with E-state index < -0.39 is 0 Å². The second-order valence-corrected chi connectivity index (χ2v) is 1.82. The Morgan fingerprint density at radius 2 is 1.87 bits per heavy atom. The Kier molecular flexibility index (Phi) is 23.0. The molecule has 0 amide bonds. The molecule has 0 aromatic heterocycles. The van der Waals surface area contributed by atoms with Gasteiger partial charge >= 0.3 is 0 Å². The maximum Gasteiger partial charge on any atom is 0.176 e. The molecule has 0 fully saturated rings. The highest BCUT2D eigenvalue weighted by molar-refractivity contribution is 5.99. The Hall–Kier alpha value is -1.69. The first-order valence-electron chi connectivity index (χ1n) is 4.49. The van der Waals surface area contributed by atoms with Gasteiger partial charge in [0.25, 0.3) is 0 Å². The van der Waals surface area contributed by atoms with Crippen LogP contribution in [-0.4, -0.2) is 13.0 Å². The number of hydrogen-bond donors (Lipinski definition) is 0. The molecule has 0 N–H and O–H groups in total. The van der Waals surface area contributed by atoms with Gasteiger partial charge in [-0.05, 0) is 0 Å². The van der Waals surface area contributed by atoms with Gasteiger partial charge < -0.3 is 0 Å². The van der Waals surface area contributed by atoms with E-state index in [2.05, 4.69) is 13.2 Å².